The van der Waals surface area contributed by atoms with Gasteiger partial charge in [0.2, 0.25) is 15.9 Å². The molecule has 0 unspecified atom stereocenters. The van der Waals surface area contributed by atoms with Crippen molar-refractivity contribution in [2.24, 2.45) is 5.14 Å². The number of hydrogen-bond acceptors (Lipinski definition) is 4. The molecule has 0 aliphatic carbocycles. The van der Waals surface area contributed by atoms with E-state index in [1.807, 2.05) is 60.7 Å². The molecule has 0 atom stereocenters. The molecule has 1 amide bonds. The number of nitrogens with one attached hydrogen (secondary N) is 1. The van der Waals surface area contributed by atoms with Crippen LogP contribution in [-0.2, 0) is 25.3 Å². The third-order valence-corrected chi connectivity index (χ3v) is 4.93. The van der Waals surface area contributed by atoms with E-state index in [1.54, 1.807) is 24.3 Å². The minimum atomic E-state index is -3.59. The standard InChI is InChI=1S/C22H22N2O4S/c23-29(26,27)16-17-11-13-20(14-12-17)24-21(25)15-28-22(18-7-3-1-4-8-18)19-9-5-2-6-10-19/h1-14,22H,15-16H2,(H,24,25)(H2,23,26,27). The molecule has 0 saturated carbocycles. The predicted molar refractivity (Wildman–Crippen MR) is 113 cm³/mol. The molecule has 0 aliphatic heterocycles. The van der Waals surface area contributed by atoms with Gasteiger partial charge in [-0.15, -0.1) is 0 Å². The van der Waals surface area contributed by atoms with E-state index >= 15 is 0 Å². The van der Waals surface area contributed by atoms with Gasteiger partial charge in [0.25, 0.3) is 0 Å². The highest BCUT2D eigenvalue weighted by atomic mass is 32.2. The predicted octanol–water partition coefficient (Wildman–Crippen LogP) is 3.22. The first kappa shape index (κ1) is 20.7. The Hall–Kier alpha value is -3.00. The van der Waals surface area contributed by atoms with Gasteiger partial charge in [-0.25, -0.2) is 13.6 Å². The van der Waals surface area contributed by atoms with Gasteiger partial charge in [0.05, 0.1) is 5.75 Å². The number of benzene rings is 3. The second kappa shape index (κ2) is 9.47. The number of carbonyl (C=O) groups excluding carboxylic acids is 1. The lowest BCUT2D eigenvalue weighted by Gasteiger charge is -2.19. The van der Waals surface area contributed by atoms with E-state index in [9.17, 15) is 13.2 Å². The fourth-order valence-corrected chi connectivity index (χ4v) is 3.57. The molecule has 29 heavy (non-hydrogen) atoms. The summed E-state index contributed by atoms with van der Waals surface area (Å²) in [5, 5.41) is 7.78. The molecule has 3 N–H and O–H groups in total. The highest BCUT2D eigenvalue weighted by molar-refractivity contribution is 7.88. The van der Waals surface area contributed by atoms with Gasteiger partial charge in [0.15, 0.2) is 0 Å². The summed E-state index contributed by atoms with van der Waals surface area (Å²) in [7, 11) is -3.59. The van der Waals surface area contributed by atoms with Crippen LogP contribution in [0.25, 0.3) is 0 Å². The smallest absolute Gasteiger partial charge is 0.250 e. The van der Waals surface area contributed by atoms with Crippen molar-refractivity contribution in [2.75, 3.05) is 11.9 Å². The first-order valence-electron chi connectivity index (χ1n) is 9.01. The molecule has 7 heteroatoms. The molecule has 0 saturated heterocycles. The molecule has 0 bridgehead atoms. The monoisotopic (exact) mass is 410 g/mol. The molecular formula is C22H22N2O4S. The Bertz CT molecular complexity index is 998. The first-order chi connectivity index (χ1) is 13.9. The van der Waals surface area contributed by atoms with Crippen LogP contribution in [0.15, 0.2) is 84.9 Å². The lowest BCUT2D eigenvalue weighted by molar-refractivity contribution is -0.121. The average molecular weight is 410 g/mol. The first-order valence-corrected chi connectivity index (χ1v) is 10.7. The summed E-state index contributed by atoms with van der Waals surface area (Å²) in [6, 6.07) is 25.9. The molecule has 0 spiro atoms. The molecule has 3 aromatic rings. The third kappa shape index (κ3) is 6.53. The van der Waals surface area contributed by atoms with E-state index in [0.717, 1.165) is 11.1 Å². The van der Waals surface area contributed by atoms with Crippen LogP contribution in [0.4, 0.5) is 5.69 Å². The highest BCUT2D eigenvalue weighted by Crippen LogP contribution is 2.25. The van der Waals surface area contributed by atoms with E-state index in [4.69, 9.17) is 9.88 Å². The maximum Gasteiger partial charge on any atom is 0.250 e. The van der Waals surface area contributed by atoms with Crippen molar-refractivity contribution in [2.45, 2.75) is 11.9 Å². The summed E-state index contributed by atoms with van der Waals surface area (Å²) in [5.41, 5.74) is 3.01. The molecule has 3 rings (SSSR count). The van der Waals surface area contributed by atoms with Crippen LogP contribution in [0.2, 0.25) is 0 Å². The summed E-state index contributed by atoms with van der Waals surface area (Å²) in [6.07, 6.45) is -0.361. The summed E-state index contributed by atoms with van der Waals surface area (Å²) in [6.45, 7) is -0.132. The van der Waals surface area contributed by atoms with Crippen molar-refractivity contribution in [1.82, 2.24) is 0 Å². The van der Waals surface area contributed by atoms with Crippen LogP contribution in [0, 0.1) is 0 Å². The van der Waals surface area contributed by atoms with Crippen molar-refractivity contribution in [3.05, 3.63) is 102 Å². The largest absolute Gasteiger partial charge is 0.359 e. The number of rotatable bonds is 8. The number of primary sulfonamides is 1. The Labute approximate surface area is 170 Å². The Morgan fingerprint density at radius 2 is 1.38 bits per heavy atom. The van der Waals surface area contributed by atoms with Gasteiger partial charge >= 0.3 is 0 Å². The van der Waals surface area contributed by atoms with E-state index in [-0.39, 0.29) is 24.4 Å². The van der Waals surface area contributed by atoms with Crippen molar-refractivity contribution in [1.29, 1.82) is 0 Å². The Morgan fingerprint density at radius 3 is 1.86 bits per heavy atom. The van der Waals surface area contributed by atoms with E-state index in [0.29, 0.717) is 11.3 Å². The molecule has 0 aliphatic rings. The van der Waals surface area contributed by atoms with Crippen LogP contribution in [-0.4, -0.2) is 20.9 Å². The molecule has 150 valence electrons. The lowest BCUT2D eigenvalue weighted by Crippen LogP contribution is -2.20. The number of nitrogens with two attached hydrogens (primary N) is 1. The van der Waals surface area contributed by atoms with Crippen molar-refractivity contribution < 1.29 is 17.9 Å². The number of anilines is 1. The van der Waals surface area contributed by atoms with Gasteiger partial charge in [-0.2, -0.15) is 0 Å². The van der Waals surface area contributed by atoms with Crippen molar-refractivity contribution in [3.63, 3.8) is 0 Å². The fraction of sp³-hybridized carbons (Fsp3) is 0.136. The van der Waals surface area contributed by atoms with Crippen LogP contribution in [0.3, 0.4) is 0 Å². The van der Waals surface area contributed by atoms with Crippen LogP contribution >= 0.6 is 0 Å². The number of hydrogen-bond donors (Lipinski definition) is 2. The minimum Gasteiger partial charge on any atom is -0.359 e. The SMILES string of the molecule is NS(=O)(=O)Cc1ccc(NC(=O)COC(c2ccccc2)c2ccccc2)cc1. The number of amides is 1. The Kier molecular flexibility index (Phi) is 6.77. The topological polar surface area (TPSA) is 98.5 Å². The molecule has 6 nitrogen and oxygen atoms in total. The maximum atomic E-state index is 12.3. The maximum absolute atomic E-state index is 12.3. The average Bonchev–Trinajstić information content (AvgIpc) is 2.70. The van der Waals surface area contributed by atoms with Crippen LogP contribution in [0.5, 0.6) is 0 Å². The van der Waals surface area contributed by atoms with Gasteiger partial charge in [0, 0.05) is 5.69 Å². The second-order valence-corrected chi connectivity index (χ2v) is 8.18. The number of ether oxygens (including phenoxy) is 1. The van der Waals surface area contributed by atoms with E-state index < -0.39 is 10.0 Å². The highest BCUT2D eigenvalue weighted by Gasteiger charge is 2.16. The van der Waals surface area contributed by atoms with Crippen LogP contribution < -0.4 is 10.5 Å². The summed E-state index contributed by atoms with van der Waals surface area (Å²) >= 11 is 0. The second-order valence-electron chi connectivity index (χ2n) is 6.56. The van der Waals surface area contributed by atoms with E-state index in [2.05, 4.69) is 5.32 Å². The molecule has 0 radical (unpaired) electrons. The Morgan fingerprint density at radius 1 is 0.862 bits per heavy atom. The fourth-order valence-electron chi connectivity index (χ4n) is 2.91. The molecule has 0 fully saturated rings. The summed E-state index contributed by atoms with van der Waals surface area (Å²) in [4.78, 5) is 12.3. The van der Waals surface area contributed by atoms with Crippen molar-refractivity contribution in [3.8, 4) is 0 Å². The molecule has 0 heterocycles. The van der Waals surface area contributed by atoms with Gasteiger partial charge in [-0.05, 0) is 28.8 Å². The zero-order valence-corrected chi connectivity index (χ0v) is 16.5. The third-order valence-electron chi connectivity index (χ3n) is 4.19. The summed E-state index contributed by atoms with van der Waals surface area (Å²) in [5.74, 6) is -0.554. The molecular weight excluding hydrogens is 388 g/mol. The minimum absolute atomic E-state index is 0.132. The quantitative estimate of drug-likeness (QED) is 0.596. The van der Waals surface area contributed by atoms with Crippen LogP contribution in [0.1, 0.15) is 22.8 Å². The molecule has 0 aromatic heterocycles. The normalized spacial score (nSPS) is 11.4. The van der Waals surface area contributed by atoms with Gasteiger partial charge in [-0.1, -0.05) is 72.8 Å². The van der Waals surface area contributed by atoms with E-state index in [1.165, 1.54) is 0 Å². The summed E-state index contributed by atoms with van der Waals surface area (Å²) < 4.78 is 28.2. The zero-order valence-electron chi connectivity index (χ0n) is 15.7. The lowest BCUT2D eigenvalue weighted by atomic mass is 10.0. The number of carbonyl (C=O) groups is 1. The Balaban J connectivity index is 1.63. The van der Waals surface area contributed by atoms with Crippen molar-refractivity contribution >= 4 is 21.6 Å². The molecule has 3 aromatic carbocycles. The van der Waals surface area contributed by atoms with Gasteiger partial charge in [0.1, 0.15) is 12.7 Å². The number of sulfonamides is 1. The zero-order chi connectivity index (χ0) is 20.7. The van der Waals surface area contributed by atoms with Gasteiger partial charge < -0.3 is 10.1 Å². The van der Waals surface area contributed by atoms with Gasteiger partial charge in [-0.3, -0.25) is 4.79 Å².